The van der Waals surface area contributed by atoms with Gasteiger partial charge in [-0.1, -0.05) is 41.5 Å². The van der Waals surface area contributed by atoms with Crippen LogP contribution in [-0.4, -0.2) is 42.5 Å². The van der Waals surface area contributed by atoms with Gasteiger partial charge in [-0.2, -0.15) is 0 Å². The van der Waals surface area contributed by atoms with Crippen LogP contribution < -0.4 is 0 Å². The SMILES string of the molecule is CCN(CC)CC(C)[N-]C=NC(C)(C)C.[Ni]. The fourth-order valence-electron chi connectivity index (χ4n) is 1.22. The maximum atomic E-state index is 4.41. The third-order valence-electron chi connectivity index (χ3n) is 2.18. The van der Waals surface area contributed by atoms with Crippen molar-refractivity contribution in [3.8, 4) is 0 Å². The molecule has 0 saturated heterocycles. The van der Waals surface area contributed by atoms with Crippen LogP contribution >= 0.6 is 0 Å². The van der Waals surface area contributed by atoms with Gasteiger partial charge in [0.05, 0.1) is 0 Å². The second-order valence-corrected chi connectivity index (χ2v) is 4.90. The number of aliphatic imine (C=N–C) groups is 1. The molecule has 0 rings (SSSR count). The zero-order valence-electron chi connectivity index (χ0n) is 11.4. The van der Waals surface area contributed by atoms with Crippen molar-refractivity contribution >= 4 is 6.34 Å². The Morgan fingerprint density at radius 2 is 1.75 bits per heavy atom. The van der Waals surface area contributed by atoms with Crippen LogP contribution in [0.5, 0.6) is 0 Å². The van der Waals surface area contributed by atoms with Crippen LogP contribution in [0.25, 0.3) is 5.32 Å². The average Bonchev–Trinajstić information content (AvgIpc) is 2.12. The first-order valence-corrected chi connectivity index (χ1v) is 5.85. The molecule has 0 heterocycles. The molecule has 0 aromatic heterocycles. The number of hydrogen-bond donors (Lipinski definition) is 0. The van der Waals surface area contributed by atoms with Crippen LogP contribution in [0.15, 0.2) is 4.99 Å². The summed E-state index contributed by atoms with van der Waals surface area (Å²) in [6.45, 7) is 15.9. The topological polar surface area (TPSA) is 29.7 Å². The van der Waals surface area contributed by atoms with Gasteiger partial charge in [-0.15, -0.1) is 6.34 Å². The smallest absolute Gasteiger partial charge is 0 e. The molecule has 0 fully saturated rings. The van der Waals surface area contributed by atoms with Crippen molar-refractivity contribution in [3.63, 3.8) is 0 Å². The van der Waals surface area contributed by atoms with Crippen LogP contribution in [-0.2, 0) is 16.5 Å². The molecule has 1 atom stereocenters. The summed E-state index contributed by atoms with van der Waals surface area (Å²) in [5.74, 6) is 0. The average molecular weight is 271 g/mol. The quantitative estimate of drug-likeness (QED) is 0.415. The van der Waals surface area contributed by atoms with Gasteiger partial charge >= 0.3 is 0 Å². The normalized spacial score (nSPS) is 13.9. The van der Waals surface area contributed by atoms with E-state index in [-0.39, 0.29) is 22.0 Å². The van der Waals surface area contributed by atoms with E-state index in [1.54, 1.807) is 6.34 Å². The van der Waals surface area contributed by atoms with Crippen molar-refractivity contribution < 1.29 is 16.5 Å². The number of rotatable bonds is 6. The molecule has 0 spiro atoms. The summed E-state index contributed by atoms with van der Waals surface area (Å²) >= 11 is 0. The molecule has 0 aliphatic rings. The molecule has 0 aliphatic carbocycles. The van der Waals surface area contributed by atoms with Gasteiger partial charge < -0.3 is 15.2 Å². The molecule has 0 bridgehead atoms. The van der Waals surface area contributed by atoms with Crippen LogP contribution in [0, 0.1) is 0 Å². The van der Waals surface area contributed by atoms with Gasteiger partial charge in [0.1, 0.15) is 0 Å². The van der Waals surface area contributed by atoms with Gasteiger partial charge in [-0.3, -0.25) is 0 Å². The van der Waals surface area contributed by atoms with E-state index in [1.807, 2.05) is 0 Å². The van der Waals surface area contributed by atoms with Crippen molar-refractivity contribution in [2.24, 2.45) is 4.99 Å². The Balaban J connectivity index is 0. The molecule has 0 aliphatic heterocycles. The van der Waals surface area contributed by atoms with Gasteiger partial charge in [0, 0.05) is 16.5 Å². The maximum Gasteiger partial charge on any atom is 0 e. The van der Waals surface area contributed by atoms with E-state index in [0.29, 0.717) is 6.04 Å². The van der Waals surface area contributed by atoms with Gasteiger partial charge in [0.2, 0.25) is 0 Å². The number of hydrogen-bond acceptors (Lipinski definition) is 2. The van der Waals surface area contributed by atoms with Crippen LogP contribution in [0.2, 0.25) is 0 Å². The fourth-order valence-corrected chi connectivity index (χ4v) is 1.22. The molecule has 3 nitrogen and oxygen atoms in total. The summed E-state index contributed by atoms with van der Waals surface area (Å²) in [7, 11) is 0. The molecular formula is C12H26N3Ni-. The molecular weight excluding hydrogens is 245 g/mol. The van der Waals surface area contributed by atoms with E-state index in [0.717, 1.165) is 19.6 Å². The van der Waals surface area contributed by atoms with E-state index in [9.17, 15) is 0 Å². The summed E-state index contributed by atoms with van der Waals surface area (Å²) < 4.78 is 0. The summed E-state index contributed by atoms with van der Waals surface area (Å²) in [6, 6.07) is 0.330. The predicted octanol–water partition coefficient (Wildman–Crippen LogP) is 2.91. The van der Waals surface area contributed by atoms with E-state index in [2.05, 4.69) is 56.8 Å². The van der Waals surface area contributed by atoms with E-state index < -0.39 is 0 Å². The first kappa shape index (κ1) is 18.3. The van der Waals surface area contributed by atoms with Crippen LogP contribution in [0.1, 0.15) is 41.5 Å². The predicted molar refractivity (Wildman–Crippen MR) is 68.9 cm³/mol. The minimum Gasteiger partial charge on any atom is -0.468 e. The van der Waals surface area contributed by atoms with Crippen molar-refractivity contribution in [3.05, 3.63) is 5.32 Å². The Labute approximate surface area is 111 Å². The Morgan fingerprint density at radius 3 is 2.12 bits per heavy atom. The largest absolute Gasteiger partial charge is 0.468 e. The first-order chi connectivity index (χ1) is 6.89. The van der Waals surface area contributed by atoms with Crippen molar-refractivity contribution in [2.45, 2.75) is 53.1 Å². The Morgan fingerprint density at radius 1 is 1.25 bits per heavy atom. The fraction of sp³-hybridized carbons (Fsp3) is 0.917. The first-order valence-electron chi connectivity index (χ1n) is 5.85. The summed E-state index contributed by atoms with van der Waals surface area (Å²) in [4.78, 5) is 6.72. The Hall–Kier alpha value is -0.0765. The molecule has 0 amide bonds. The van der Waals surface area contributed by atoms with Gasteiger partial charge in [0.25, 0.3) is 0 Å². The van der Waals surface area contributed by atoms with E-state index >= 15 is 0 Å². The second kappa shape index (κ2) is 9.01. The van der Waals surface area contributed by atoms with Crippen molar-refractivity contribution in [1.29, 1.82) is 0 Å². The van der Waals surface area contributed by atoms with Gasteiger partial charge in [-0.25, -0.2) is 0 Å². The Bertz CT molecular complexity index is 183. The molecule has 100 valence electrons. The van der Waals surface area contributed by atoms with Crippen molar-refractivity contribution in [2.75, 3.05) is 19.6 Å². The van der Waals surface area contributed by atoms with E-state index in [4.69, 9.17) is 0 Å². The molecule has 0 aromatic carbocycles. The molecule has 0 aromatic rings. The minimum atomic E-state index is -0.0155. The third kappa shape index (κ3) is 10.4. The zero-order chi connectivity index (χ0) is 11.9. The van der Waals surface area contributed by atoms with Gasteiger partial charge in [0.15, 0.2) is 0 Å². The Kier molecular flexibility index (Phi) is 10.3. The zero-order valence-corrected chi connectivity index (χ0v) is 12.4. The number of likely N-dealkylation sites (N-methyl/N-ethyl adjacent to an activating group) is 1. The second-order valence-electron chi connectivity index (χ2n) is 4.90. The maximum absolute atomic E-state index is 4.41. The molecule has 16 heavy (non-hydrogen) atoms. The third-order valence-corrected chi connectivity index (χ3v) is 2.18. The van der Waals surface area contributed by atoms with E-state index in [1.165, 1.54) is 0 Å². The van der Waals surface area contributed by atoms with Gasteiger partial charge in [-0.05, 0) is 31.2 Å². The minimum absolute atomic E-state index is 0. The van der Waals surface area contributed by atoms with Crippen LogP contribution in [0.3, 0.4) is 0 Å². The summed E-state index contributed by atoms with van der Waals surface area (Å²) in [6.07, 6.45) is 1.72. The van der Waals surface area contributed by atoms with Crippen LogP contribution in [0.4, 0.5) is 0 Å². The molecule has 0 radical (unpaired) electrons. The molecule has 4 heteroatoms. The van der Waals surface area contributed by atoms with Crippen molar-refractivity contribution in [1.82, 2.24) is 4.90 Å². The molecule has 0 N–H and O–H groups in total. The standard InChI is InChI=1S/C12H26N3.Ni/c1-7-15(8-2)9-11(3)13-10-14-12(4,5)6;/h10-11H,7-9H2,1-6H3;/q-1;. The molecule has 0 saturated carbocycles. The monoisotopic (exact) mass is 270 g/mol. The molecule has 1 unspecified atom stereocenters. The summed E-state index contributed by atoms with van der Waals surface area (Å²) in [5, 5.41) is 4.41. The summed E-state index contributed by atoms with van der Waals surface area (Å²) in [5.41, 5.74) is -0.0155. The number of nitrogens with zero attached hydrogens (tertiary/aromatic N) is 3.